The zero-order chi connectivity index (χ0) is 19.2. The summed E-state index contributed by atoms with van der Waals surface area (Å²) in [6, 6.07) is 12.0. The van der Waals surface area contributed by atoms with Crippen molar-refractivity contribution in [2.75, 3.05) is 13.1 Å². The van der Waals surface area contributed by atoms with Crippen molar-refractivity contribution in [3.05, 3.63) is 54.4 Å². The third kappa shape index (κ3) is 5.64. The highest BCUT2D eigenvalue weighted by molar-refractivity contribution is 5.79. The van der Waals surface area contributed by atoms with Gasteiger partial charge in [-0.05, 0) is 41.1 Å². The van der Waals surface area contributed by atoms with Crippen LogP contribution >= 0.6 is 0 Å². The molecule has 0 aliphatic heterocycles. The van der Waals surface area contributed by atoms with Crippen LogP contribution in [0.25, 0.3) is 11.1 Å². The topological polar surface area (TPSA) is 94.0 Å². The highest BCUT2D eigenvalue weighted by Crippen LogP contribution is 2.19. The van der Waals surface area contributed by atoms with Gasteiger partial charge in [0.2, 0.25) is 5.91 Å². The molecule has 1 amide bonds. The van der Waals surface area contributed by atoms with E-state index in [-0.39, 0.29) is 23.3 Å². The number of hydrogen-bond donors (Lipinski definition) is 3. The first kappa shape index (κ1) is 20.1. The van der Waals surface area contributed by atoms with E-state index in [1.54, 1.807) is 6.20 Å². The number of nitrogens with one attached hydrogen (secondary N) is 1. The fourth-order valence-corrected chi connectivity index (χ4v) is 2.57. The lowest BCUT2D eigenvalue weighted by Crippen LogP contribution is -2.45. The summed E-state index contributed by atoms with van der Waals surface area (Å²) in [5, 5.41) is 2.97. The Morgan fingerprint density at radius 3 is 2.46 bits per heavy atom. The summed E-state index contributed by atoms with van der Waals surface area (Å²) < 4.78 is 0. The summed E-state index contributed by atoms with van der Waals surface area (Å²) in [6.07, 6.45) is 4.26. The van der Waals surface area contributed by atoms with E-state index in [1.165, 1.54) is 0 Å². The molecule has 0 radical (unpaired) electrons. The SMILES string of the molecule is CC(C(=O)NCC(C)(C)CN)C(N)Cc1ccc(-c2cccnc2)cc1. The Morgan fingerprint density at radius 1 is 1.19 bits per heavy atom. The van der Waals surface area contributed by atoms with Gasteiger partial charge in [-0.3, -0.25) is 9.78 Å². The zero-order valence-corrected chi connectivity index (χ0v) is 15.9. The summed E-state index contributed by atoms with van der Waals surface area (Å²) in [5.41, 5.74) is 15.2. The monoisotopic (exact) mass is 354 g/mol. The zero-order valence-electron chi connectivity index (χ0n) is 15.9. The second kappa shape index (κ2) is 8.92. The van der Waals surface area contributed by atoms with E-state index in [9.17, 15) is 4.79 Å². The van der Waals surface area contributed by atoms with Gasteiger partial charge in [0.25, 0.3) is 0 Å². The fourth-order valence-electron chi connectivity index (χ4n) is 2.57. The summed E-state index contributed by atoms with van der Waals surface area (Å²) in [4.78, 5) is 16.5. The number of benzene rings is 1. The fraction of sp³-hybridized carbons (Fsp3) is 0.429. The summed E-state index contributed by atoms with van der Waals surface area (Å²) in [5.74, 6) is -0.285. The molecule has 0 saturated carbocycles. The maximum absolute atomic E-state index is 12.3. The number of nitrogens with two attached hydrogens (primary N) is 2. The Hall–Kier alpha value is -2.24. The second-order valence-corrected chi connectivity index (χ2v) is 7.68. The number of carbonyl (C=O) groups is 1. The molecule has 1 heterocycles. The van der Waals surface area contributed by atoms with Crippen LogP contribution in [0.1, 0.15) is 26.3 Å². The molecule has 2 aromatic rings. The van der Waals surface area contributed by atoms with E-state index >= 15 is 0 Å². The van der Waals surface area contributed by atoms with Crippen LogP contribution in [0.3, 0.4) is 0 Å². The van der Waals surface area contributed by atoms with Gasteiger partial charge in [-0.25, -0.2) is 0 Å². The third-order valence-corrected chi connectivity index (χ3v) is 4.77. The number of rotatable bonds is 8. The minimum atomic E-state index is -0.262. The maximum Gasteiger partial charge on any atom is 0.224 e. The van der Waals surface area contributed by atoms with Gasteiger partial charge in [0.15, 0.2) is 0 Å². The lowest BCUT2D eigenvalue weighted by atomic mass is 9.92. The van der Waals surface area contributed by atoms with Crippen molar-refractivity contribution >= 4 is 5.91 Å². The van der Waals surface area contributed by atoms with Crippen LogP contribution in [0.5, 0.6) is 0 Å². The largest absolute Gasteiger partial charge is 0.355 e. The molecule has 26 heavy (non-hydrogen) atoms. The molecule has 1 aromatic carbocycles. The van der Waals surface area contributed by atoms with Gasteiger partial charge in [0.05, 0.1) is 5.92 Å². The van der Waals surface area contributed by atoms with Crippen LogP contribution in [0.2, 0.25) is 0 Å². The van der Waals surface area contributed by atoms with E-state index in [1.807, 2.05) is 39.1 Å². The molecule has 0 fully saturated rings. The molecule has 0 bridgehead atoms. The highest BCUT2D eigenvalue weighted by Gasteiger charge is 2.23. The predicted molar refractivity (Wildman–Crippen MR) is 106 cm³/mol. The second-order valence-electron chi connectivity index (χ2n) is 7.68. The maximum atomic E-state index is 12.3. The molecule has 140 valence electrons. The van der Waals surface area contributed by atoms with Crippen molar-refractivity contribution in [1.82, 2.24) is 10.3 Å². The Bertz CT molecular complexity index is 698. The van der Waals surface area contributed by atoms with Crippen LogP contribution in [-0.2, 0) is 11.2 Å². The van der Waals surface area contributed by atoms with Gasteiger partial charge < -0.3 is 16.8 Å². The third-order valence-electron chi connectivity index (χ3n) is 4.77. The summed E-state index contributed by atoms with van der Waals surface area (Å²) >= 11 is 0. The minimum absolute atomic E-state index is 0.0222. The standard InChI is InChI=1S/C21H30N4O/c1-15(20(26)25-14-21(2,3)13-22)19(23)11-16-6-8-17(9-7-16)18-5-4-10-24-12-18/h4-10,12,15,19H,11,13-14,22-23H2,1-3H3,(H,25,26). The average Bonchev–Trinajstić information content (AvgIpc) is 2.66. The lowest BCUT2D eigenvalue weighted by molar-refractivity contribution is -0.125. The number of carbonyl (C=O) groups excluding carboxylic acids is 1. The van der Waals surface area contributed by atoms with Gasteiger partial charge in [0, 0.05) is 25.0 Å². The van der Waals surface area contributed by atoms with Crippen molar-refractivity contribution in [2.24, 2.45) is 22.8 Å². The van der Waals surface area contributed by atoms with E-state index in [4.69, 9.17) is 11.5 Å². The first-order valence-corrected chi connectivity index (χ1v) is 9.05. The Labute approximate surface area is 156 Å². The van der Waals surface area contributed by atoms with E-state index in [0.29, 0.717) is 19.5 Å². The van der Waals surface area contributed by atoms with Crippen LogP contribution in [-0.4, -0.2) is 30.0 Å². The van der Waals surface area contributed by atoms with Crippen molar-refractivity contribution in [2.45, 2.75) is 33.2 Å². The molecule has 0 aliphatic rings. The number of hydrogen-bond acceptors (Lipinski definition) is 4. The van der Waals surface area contributed by atoms with Crippen LogP contribution in [0.4, 0.5) is 0 Å². The normalized spacial score (nSPS) is 13.9. The molecule has 5 nitrogen and oxygen atoms in total. The lowest BCUT2D eigenvalue weighted by Gasteiger charge is -2.25. The summed E-state index contributed by atoms with van der Waals surface area (Å²) in [7, 11) is 0. The number of amides is 1. The van der Waals surface area contributed by atoms with Gasteiger partial charge in [-0.1, -0.05) is 51.1 Å². The van der Waals surface area contributed by atoms with Crippen molar-refractivity contribution in [3.8, 4) is 11.1 Å². The molecule has 2 rings (SSSR count). The first-order chi connectivity index (χ1) is 12.3. The van der Waals surface area contributed by atoms with Crippen molar-refractivity contribution < 1.29 is 4.79 Å². The first-order valence-electron chi connectivity index (χ1n) is 9.05. The van der Waals surface area contributed by atoms with Crippen molar-refractivity contribution in [1.29, 1.82) is 0 Å². The smallest absolute Gasteiger partial charge is 0.224 e. The van der Waals surface area contributed by atoms with Gasteiger partial charge >= 0.3 is 0 Å². The van der Waals surface area contributed by atoms with E-state index in [0.717, 1.165) is 16.7 Å². The molecule has 1 aromatic heterocycles. The molecule has 0 spiro atoms. The number of pyridine rings is 1. The molecule has 5 N–H and O–H groups in total. The quantitative estimate of drug-likeness (QED) is 0.678. The molecule has 2 unspecified atom stereocenters. The molecule has 2 atom stereocenters. The molecule has 5 heteroatoms. The molecule has 0 saturated heterocycles. The Balaban J connectivity index is 1.92. The van der Waals surface area contributed by atoms with E-state index in [2.05, 4.69) is 34.6 Å². The average molecular weight is 354 g/mol. The van der Waals surface area contributed by atoms with Crippen LogP contribution in [0, 0.1) is 11.3 Å². The molecular weight excluding hydrogens is 324 g/mol. The van der Waals surface area contributed by atoms with Crippen molar-refractivity contribution in [3.63, 3.8) is 0 Å². The van der Waals surface area contributed by atoms with Gasteiger partial charge in [-0.2, -0.15) is 0 Å². The van der Waals surface area contributed by atoms with Crippen LogP contribution < -0.4 is 16.8 Å². The van der Waals surface area contributed by atoms with Gasteiger partial charge in [-0.15, -0.1) is 0 Å². The summed E-state index contributed by atoms with van der Waals surface area (Å²) in [6.45, 7) is 7.01. The molecule has 0 aliphatic carbocycles. The highest BCUT2D eigenvalue weighted by atomic mass is 16.1. The Kier molecular flexibility index (Phi) is 6.89. The van der Waals surface area contributed by atoms with Crippen LogP contribution in [0.15, 0.2) is 48.8 Å². The molecular formula is C21H30N4O. The minimum Gasteiger partial charge on any atom is -0.355 e. The number of aromatic nitrogens is 1. The van der Waals surface area contributed by atoms with Gasteiger partial charge in [0.1, 0.15) is 0 Å². The van der Waals surface area contributed by atoms with E-state index < -0.39 is 0 Å². The predicted octanol–water partition coefficient (Wildman–Crippen LogP) is 2.36. The Morgan fingerprint density at radius 2 is 1.88 bits per heavy atom. The number of nitrogens with zero attached hydrogens (tertiary/aromatic N) is 1.